The number of hydrogen-bond donors (Lipinski definition) is 1. The van der Waals surface area contributed by atoms with E-state index < -0.39 is 0 Å². The van der Waals surface area contributed by atoms with Crippen LogP contribution in [0.25, 0.3) is 0 Å². The van der Waals surface area contributed by atoms with Crippen molar-refractivity contribution >= 4 is 11.8 Å². The number of thioether (sulfide) groups is 1. The van der Waals surface area contributed by atoms with Gasteiger partial charge in [-0.15, -0.1) is 11.8 Å². The van der Waals surface area contributed by atoms with Gasteiger partial charge in [-0.05, 0) is 25.2 Å². The topological polar surface area (TPSA) is 15.3 Å². The molecule has 1 unspecified atom stereocenters. The molecule has 2 aliphatic heterocycles. The minimum Gasteiger partial charge on any atom is -0.303 e. The van der Waals surface area contributed by atoms with Crippen molar-refractivity contribution in [1.29, 1.82) is 0 Å². The summed E-state index contributed by atoms with van der Waals surface area (Å²) in [4.78, 5) is 3.07. The summed E-state index contributed by atoms with van der Waals surface area (Å²) < 4.78 is 0. The van der Waals surface area contributed by atoms with Crippen LogP contribution in [-0.2, 0) is 0 Å². The Morgan fingerprint density at radius 2 is 2.06 bits per heavy atom. The molecule has 0 aromatic heterocycles. The average Bonchev–Trinajstić information content (AvgIpc) is 2.65. The first-order valence-corrected chi connectivity index (χ1v) is 7.76. The predicted molar refractivity (Wildman–Crippen MR) is 72.9 cm³/mol. The maximum Gasteiger partial charge on any atom is 0.0672 e. The molecule has 2 heterocycles. The lowest BCUT2D eigenvalue weighted by molar-refractivity contribution is 0.167. The Morgan fingerprint density at radius 1 is 1.38 bits per heavy atom. The first-order valence-electron chi connectivity index (χ1n) is 6.77. The molecule has 0 aliphatic carbocycles. The van der Waals surface area contributed by atoms with E-state index in [1.54, 1.807) is 0 Å². The molecule has 0 saturated carbocycles. The van der Waals surface area contributed by atoms with Gasteiger partial charge in [-0.3, -0.25) is 5.32 Å². The van der Waals surface area contributed by atoms with Crippen LogP contribution in [0.4, 0.5) is 0 Å². The Balaban J connectivity index is 1.81. The molecule has 2 saturated heterocycles. The zero-order chi connectivity index (χ0) is 11.6. The molecule has 0 aromatic rings. The Morgan fingerprint density at radius 3 is 2.56 bits per heavy atom. The van der Waals surface area contributed by atoms with Gasteiger partial charge in [0.1, 0.15) is 0 Å². The first-order chi connectivity index (χ1) is 7.63. The van der Waals surface area contributed by atoms with Crippen LogP contribution in [0.2, 0.25) is 0 Å². The van der Waals surface area contributed by atoms with E-state index in [0.29, 0.717) is 4.87 Å². The number of hydrogen-bond acceptors (Lipinski definition) is 3. The summed E-state index contributed by atoms with van der Waals surface area (Å²) in [6, 6.07) is 0.765. The molecule has 2 rings (SSSR count). The van der Waals surface area contributed by atoms with E-state index in [-0.39, 0.29) is 0 Å². The predicted octanol–water partition coefficient (Wildman–Crippen LogP) is 2.55. The van der Waals surface area contributed by atoms with Crippen molar-refractivity contribution in [1.82, 2.24) is 10.2 Å². The molecule has 0 bridgehead atoms. The summed E-state index contributed by atoms with van der Waals surface area (Å²) in [6.07, 6.45) is 3.95. The maximum atomic E-state index is 3.87. The zero-order valence-corrected chi connectivity index (χ0v) is 11.8. The molecular weight excluding hydrogens is 216 g/mol. The van der Waals surface area contributed by atoms with Crippen molar-refractivity contribution in [2.45, 2.75) is 50.9 Å². The molecule has 2 aliphatic rings. The zero-order valence-electron chi connectivity index (χ0n) is 11.0. The highest BCUT2D eigenvalue weighted by Gasteiger charge is 2.40. The van der Waals surface area contributed by atoms with Crippen LogP contribution in [0, 0.1) is 5.92 Å². The van der Waals surface area contributed by atoms with Crippen LogP contribution in [-0.4, -0.2) is 41.2 Å². The summed E-state index contributed by atoms with van der Waals surface area (Å²) >= 11 is 2.18. The third-order valence-corrected chi connectivity index (χ3v) is 5.46. The highest BCUT2D eigenvalue weighted by Crippen LogP contribution is 2.39. The Kier molecular flexibility index (Phi) is 4.20. The summed E-state index contributed by atoms with van der Waals surface area (Å²) in [5.74, 6) is 2.13. The van der Waals surface area contributed by atoms with Crippen LogP contribution < -0.4 is 5.32 Å². The average molecular weight is 242 g/mol. The molecule has 1 N–H and O–H groups in total. The molecule has 0 radical (unpaired) electrons. The van der Waals surface area contributed by atoms with Gasteiger partial charge in [0.2, 0.25) is 0 Å². The number of likely N-dealkylation sites (tertiary alicyclic amines) is 1. The maximum absolute atomic E-state index is 3.87. The fraction of sp³-hybridized carbons (Fsp3) is 1.00. The van der Waals surface area contributed by atoms with E-state index in [1.165, 1.54) is 44.6 Å². The molecular formula is C13H26N2S. The molecule has 16 heavy (non-hydrogen) atoms. The fourth-order valence-electron chi connectivity index (χ4n) is 2.84. The van der Waals surface area contributed by atoms with E-state index >= 15 is 0 Å². The summed E-state index contributed by atoms with van der Waals surface area (Å²) in [5, 5.41) is 3.87. The lowest BCUT2D eigenvalue weighted by Crippen LogP contribution is -2.50. The lowest BCUT2D eigenvalue weighted by atomic mass is 10.0. The molecule has 94 valence electrons. The quantitative estimate of drug-likeness (QED) is 0.819. The highest BCUT2D eigenvalue weighted by atomic mass is 32.2. The van der Waals surface area contributed by atoms with Gasteiger partial charge >= 0.3 is 0 Å². The first kappa shape index (κ1) is 12.7. The molecule has 3 heteroatoms. The van der Waals surface area contributed by atoms with E-state index in [0.717, 1.165) is 12.0 Å². The van der Waals surface area contributed by atoms with Gasteiger partial charge in [0, 0.05) is 31.4 Å². The minimum absolute atomic E-state index is 0.439. The van der Waals surface area contributed by atoms with E-state index in [4.69, 9.17) is 0 Å². The summed E-state index contributed by atoms with van der Waals surface area (Å²) in [5.41, 5.74) is 0. The molecule has 0 amide bonds. The number of nitrogens with one attached hydrogen (secondary N) is 1. The van der Waals surface area contributed by atoms with Crippen molar-refractivity contribution in [2.75, 3.05) is 25.4 Å². The van der Waals surface area contributed by atoms with Gasteiger partial charge < -0.3 is 4.90 Å². The molecule has 2 nitrogen and oxygen atoms in total. The van der Waals surface area contributed by atoms with Gasteiger partial charge in [0.25, 0.3) is 0 Å². The Labute approximate surface area is 105 Å². The molecule has 1 spiro atoms. The van der Waals surface area contributed by atoms with Crippen molar-refractivity contribution in [2.24, 2.45) is 5.92 Å². The van der Waals surface area contributed by atoms with Crippen molar-refractivity contribution in [3.05, 3.63) is 0 Å². The summed E-state index contributed by atoms with van der Waals surface area (Å²) in [6.45, 7) is 10.8. The van der Waals surface area contributed by atoms with Crippen LogP contribution in [0.3, 0.4) is 0 Å². The van der Waals surface area contributed by atoms with Gasteiger partial charge in [-0.2, -0.15) is 0 Å². The second kappa shape index (κ2) is 5.28. The standard InChI is InChI=1S/C13H26N2S/c1-4-12-10-16-13(14-12)5-7-15(8-6-13)9-11(2)3/h11-12,14H,4-10H2,1-3H3. The normalized spacial score (nSPS) is 30.4. The van der Waals surface area contributed by atoms with E-state index in [2.05, 4.69) is 42.7 Å². The third kappa shape index (κ3) is 2.93. The van der Waals surface area contributed by atoms with Crippen LogP contribution in [0.5, 0.6) is 0 Å². The Bertz CT molecular complexity index is 222. The van der Waals surface area contributed by atoms with Crippen LogP contribution >= 0.6 is 11.8 Å². The van der Waals surface area contributed by atoms with Crippen molar-refractivity contribution in [3.63, 3.8) is 0 Å². The highest BCUT2D eigenvalue weighted by molar-refractivity contribution is 8.00. The minimum atomic E-state index is 0.439. The van der Waals surface area contributed by atoms with Crippen LogP contribution in [0.15, 0.2) is 0 Å². The van der Waals surface area contributed by atoms with Crippen molar-refractivity contribution < 1.29 is 0 Å². The third-order valence-electron chi connectivity index (χ3n) is 3.81. The van der Waals surface area contributed by atoms with Crippen molar-refractivity contribution in [3.8, 4) is 0 Å². The van der Waals surface area contributed by atoms with E-state index in [9.17, 15) is 0 Å². The van der Waals surface area contributed by atoms with Crippen LogP contribution in [0.1, 0.15) is 40.0 Å². The van der Waals surface area contributed by atoms with Gasteiger partial charge in [0.05, 0.1) is 4.87 Å². The smallest absolute Gasteiger partial charge is 0.0672 e. The second-order valence-electron chi connectivity index (χ2n) is 5.75. The lowest BCUT2D eigenvalue weighted by Gasteiger charge is -2.39. The number of nitrogens with zero attached hydrogens (tertiary/aromatic N) is 1. The molecule has 1 atom stereocenters. The monoisotopic (exact) mass is 242 g/mol. The largest absolute Gasteiger partial charge is 0.303 e. The Hall–Kier alpha value is 0.270. The van der Waals surface area contributed by atoms with Gasteiger partial charge in [-0.1, -0.05) is 20.8 Å². The number of piperidine rings is 1. The fourth-order valence-corrected chi connectivity index (χ4v) is 4.40. The van der Waals surface area contributed by atoms with E-state index in [1.807, 2.05) is 0 Å². The molecule has 0 aromatic carbocycles. The van der Waals surface area contributed by atoms with Gasteiger partial charge in [-0.25, -0.2) is 0 Å². The van der Waals surface area contributed by atoms with Gasteiger partial charge in [0.15, 0.2) is 0 Å². The number of rotatable bonds is 3. The SMILES string of the molecule is CCC1CSC2(CCN(CC(C)C)CC2)N1. The summed E-state index contributed by atoms with van der Waals surface area (Å²) in [7, 11) is 0. The molecule has 2 fully saturated rings. The second-order valence-corrected chi connectivity index (χ2v) is 7.15.